The molecule has 80 valence electrons. The Kier molecular flexibility index (Phi) is 3.03. The van der Waals surface area contributed by atoms with Crippen molar-refractivity contribution < 1.29 is 9.63 Å². The average Bonchev–Trinajstić information content (AvgIpc) is 2.70. The predicted molar refractivity (Wildman–Crippen MR) is 52.2 cm³/mol. The maximum absolute atomic E-state index is 11.9. The van der Waals surface area contributed by atoms with Gasteiger partial charge >= 0.3 is 0 Å². The topological polar surface area (TPSA) is 55.6 Å². The van der Waals surface area contributed by atoms with E-state index in [2.05, 4.69) is 0 Å². The van der Waals surface area contributed by atoms with Crippen molar-refractivity contribution in [2.24, 2.45) is 11.7 Å². The van der Waals surface area contributed by atoms with Gasteiger partial charge in [0.1, 0.15) is 0 Å². The fourth-order valence-corrected chi connectivity index (χ4v) is 2.27. The summed E-state index contributed by atoms with van der Waals surface area (Å²) in [4.78, 5) is 17.2. The molecule has 1 amide bonds. The van der Waals surface area contributed by atoms with Crippen LogP contribution in [0.25, 0.3) is 0 Å². The Morgan fingerprint density at radius 1 is 1.29 bits per heavy atom. The van der Waals surface area contributed by atoms with Gasteiger partial charge in [-0.3, -0.25) is 9.63 Å². The van der Waals surface area contributed by atoms with Crippen LogP contribution in [0.3, 0.4) is 0 Å². The van der Waals surface area contributed by atoms with E-state index in [0.29, 0.717) is 6.61 Å². The summed E-state index contributed by atoms with van der Waals surface area (Å²) >= 11 is 0. The molecule has 2 N–H and O–H groups in total. The van der Waals surface area contributed by atoms with E-state index in [1.165, 1.54) is 5.06 Å². The third-order valence-electron chi connectivity index (χ3n) is 3.14. The lowest BCUT2D eigenvalue weighted by Crippen LogP contribution is -2.44. The normalized spacial score (nSPS) is 33.4. The zero-order valence-corrected chi connectivity index (χ0v) is 8.45. The van der Waals surface area contributed by atoms with E-state index in [0.717, 1.165) is 38.6 Å². The lowest BCUT2D eigenvalue weighted by molar-refractivity contribution is -0.175. The number of rotatable bonds is 1. The van der Waals surface area contributed by atoms with Crippen LogP contribution in [0.15, 0.2) is 0 Å². The molecule has 0 aromatic rings. The van der Waals surface area contributed by atoms with E-state index in [4.69, 9.17) is 10.6 Å². The number of carbonyl (C=O) groups excluding carboxylic acids is 1. The van der Waals surface area contributed by atoms with Crippen LogP contribution in [0, 0.1) is 5.92 Å². The van der Waals surface area contributed by atoms with Crippen LogP contribution in [0.2, 0.25) is 0 Å². The first-order valence-corrected chi connectivity index (χ1v) is 5.49. The number of hydrogen-bond donors (Lipinski definition) is 1. The van der Waals surface area contributed by atoms with Crippen molar-refractivity contribution in [2.75, 3.05) is 13.2 Å². The van der Waals surface area contributed by atoms with Gasteiger partial charge in [-0.05, 0) is 19.3 Å². The number of amides is 1. The molecule has 14 heavy (non-hydrogen) atoms. The molecule has 1 saturated heterocycles. The molecule has 0 aromatic heterocycles. The molecule has 0 bridgehead atoms. The molecule has 2 rings (SSSR count). The molecule has 1 aliphatic heterocycles. The van der Waals surface area contributed by atoms with Gasteiger partial charge < -0.3 is 5.73 Å². The summed E-state index contributed by atoms with van der Waals surface area (Å²) in [5.74, 6) is 0.108. The van der Waals surface area contributed by atoms with Crippen LogP contribution in [0.4, 0.5) is 0 Å². The molecule has 2 fully saturated rings. The number of nitrogens with two attached hydrogens (primary N) is 1. The highest BCUT2D eigenvalue weighted by Gasteiger charge is 2.33. The highest BCUT2D eigenvalue weighted by Crippen LogP contribution is 2.25. The van der Waals surface area contributed by atoms with Crippen molar-refractivity contribution in [3.05, 3.63) is 0 Å². The smallest absolute Gasteiger partial charge is 0.250 e. The summed E-state index contributed by atoms with van der Waals surface area (Å²) in [5.41, 5.74) is 5.94. The molecular weight excluding hydrogens is 180 g/mol. The molecule has 0 aromatic carbocycles. The van der Waals surface area contributed by atoms with Crippen molar-refractivity contribution in [1.29, 1.82) is 0 Å². The van der Waals surface area contributed by atoms with Gasteiger partial charge in [0.2, 0.25) is 0 Å². The summed E-state index contributed by atoms with van der Waals surface area (Å²) in [6.07, 6.45) is 5.14. The molecule has 4 nitrogen and oxygen atoms in total. The summed E-state index contributed by atoms with van der Waals surface area (Å²) in [6.45, 7) is 1.41. The number of hydroxylamine groups is 2. The molecule has 1 heterocycles. The van der Waals surface area contributed by atoms with Crippen LogP contribution in [0.1, 0.15) is 32.1 Å². The Morgan fingerprint density at radius 2 is 2.07 bits per heavy atom. The van der Waals surface area contributed by atoms with Gasteiger partial charge in [0.05, 0.1) is 19.1 Å². The van der Waals surface area contributed by atoms with Crippen molar-refractivity contribution in [2.45, 2.75) is 38.1 Å². The van der Waals surface area contributed by atoms with E-state index in [-0.39, 0.29) is 17.9 Å². The molecule has 2 atom stereocenters. The van der Waals surface area contributed by atoms with Crippen molar-refractivity contribution >= 4 is 5.91 Å². The van der Waals surface area contributed by atoms with E-state index in [9.17, 15) is 4.79 Å². The van der Waals surface area contributed by atoms with Gasteiger partial charge in [0.25, 0.3) is 5.91 Å². The largest absolute Gasteiger partial charge is 0.327 e. The third kappa shape index (κ3) is 1.91. The Labute approximate surface area is 84.3 Å². The molecule has 4 heteroatoms. The van der Waals surface area contributed by atoms with Crippen LogP contribution in [-0.4, -0.2) is 30.2 Å². The first-order valence-electron chi connectivity index (χ1n) is 5.49. The van der Waals surface area contributed by atoms with Crippen molar-refractivity contribution in [3.8, 4) is 0 Å². The molecule has 1 saturated carbocycles. The molecule has 1 aliphatic carbocycles. The zero-order valence-electron chi connectivity index (χ0n) is 8.45. The van der Waals surface area contributed by atoms with E-state index < -0.39 is 0 Å². The lowest BCUT2D eigenvalue weighted by Gasteiger charge is -2.29. The van der Waals surface area contributed by atoms with Crippen molar-refractivity contribution in [1.82, 2.24) is 5.06 Å². The van der Waals surface area contributed by atoms with E-state index >= 15 is 0 Å². The highest BCUT2D eigenvalue weighted by atomic mass is 16.7. The monoisotopic (exact) mass is 198 g/mol. The van der Waals surface area contributed by atoms with Gasteiger partial charge in [-0.25, -0.2) is 5.06 Å². The van der Waals surface area contributed by atoms with Gasteiger partial charge in [0.15, 0.2) is 0 Å². The van der Waals surface area contributed by atoms with Gasteiger partial charge in [-0.15, -0.1) is 0 Å². The first kappa shape index (κ1) is 9.93. The summed E-state index contributed by atoms with van der Waals surface area (Å²) < 4.78 is 0. The quantitative estimate of drug-likeness (QED) is 0.673. The average molecular weight is 198 g/mol. The van der Waals surface area contributed by atoms with Gasteiger partial charge in [-0.2, -0.15) is 0 Å². The number of hydrogen-bond acceptors (Lipinski definition) is 3. The molecular formula is C10H18N2O2. The standard InChI is InChI=1S/C10H18N2O2/c11-9-5-2-1-4-8(9)10(13)12-6-3-7-14-12/h8-9H,1-7,11H2. The Hall–Kier alpha value is -0.610. The maximum Gasteiger partial charge on any atom is 0.250 e. The summed E-state index contributed by atoms with van der Waals surface area (Å²) in [7, 11) is 0. The fraction of sp³-hybridized carbons (Fsp3) is 0.900. The molecule has 0 radical (unpaired) electrons. The van der Waals surface area contributed by atoms with E-state index in [1.807, 2.05) is 0 Å². The Morgan fingerprint density at radius 3 is 2.71 bits per heavy atom. The van der Waals surface area contributed by atoms with Crippen LogP contribution < -0.4 is 5.73 Å². The first-order chi connectivity index (χ1) is 6.79. The number of nitrogens with zero attached hydrogens (tertiary/aromatic N) is 1. The molecule has 2 unspecified atom stereocenters. The second-order valence-electron chi connectivity index (χ2n) is 4.18. The summed E-state index contributed by atoms with van der Waals surface area (Å²) in [5, 5.41) is 1.51. The fourth-order valence-electron chi connectivity index (χ4n) is 2.27. The van der Waals surface area contributed by atoms with Crippen LogP contribution in [0.5, 0.6) is 0 Å². The minimum absolute atomic E-state index is 0.00171. The molecule has 0 spiro atoms. The van der Waals surface area contributed by atoms with Crippen LogP contribution >= 0.6 is 0 Å². The zero-order chi connectivity index (χ0) is 9.97. The minimum Gasteiger partial charge on any atom is -0.327 e. The lowest BCUT2D eigenvalue weighted by atomic mass is 9.84. The van der Waals surface area contributed by atoms with Crippen LogP contribution in [-0.2, 0) is 9.63 Å². The predicted octanol–water partition coefficient (Wildman–Crippen LogP) is 0.668. The maximum atomic E-state index is 11.9. The van der Waals surface area contributed by atoms with E-state index in [1.54, 1.807) is 0 Å². The summed E-state index contributed by atoms with van der Waals surface area (Å²) in [6, 6.07) is 0.0421. The molecule has 2 aliphatic rings. The SMILES string of the molecule is NC1CCCCC1C(=O)N1CCCO1. The van der Waals surface area contributed by atoms with Gasteiger partial charge in [0, 0.05) is 6.04 Å². The second-order valence-corrected chi connectivity index (χ2v) is 4.18. The minimum atomic E-state index is 0.00171. The Bertz CT molecular complexity index is 214. The van der Waals surface area contributed by atoms with Gasteiger partial charge in [-0.1, -0.05) is 12.8 Å². The number of carbonyl (C=O) groups is 1. The Balaban J connectivity index is 1.94. The third-order valence-corrected chi connectivity index (χ3v) is 3.14. The van der Waals surface area contributed by atoms with Crippen molar-refractivity contribution in [3.63, 3.8) is 0 Å². The highest BCUT2D eigenvalue weighted by molar-refractivity contribution is 5.78. The second kappa shape index (κ2) is 4.28.